The minimum absolute atomic E-state index is 0.202. The van der Waals surface area contributed by atoms with Gasteiger partial charge in [0.25, 0.3) is 0 Å². The molecule has 1 aromatic carbocycles. The Morgan fingerprint density at radius 3 is 2.46 bits per heavy atom. The van der Waals surface area contributed by atoms with Gasteiger partial charge in [-0.1, -0.05) is 24.3 Å². The molecule has 1 aliphatic rings. The van der Waals surface area contributed by atoms with Crippen LogP contribution in [-0.2, 0) is 11.3 Å². The van der Waals surface area contributed by atoms with E-state index in [0.717, 1.165) is 54.6 Å². The molecule has 0 bridgehead atoms. The first-order valence-electron chi connectivity index (χ1n) is 9.10. The quantitative estimate of drug-likeness (QED) is 0.809. The standard InChI is InChI=1S/C20H28N4OS/c1-15-7-5-6-8-18(15)19(22(3)4)20(25)24-11-9-23(10-12-24)13-17-14-26-16(2)21-17/h5-8,14,19H,9-13H2,1-4H3/t19-/m1/s1. The smallest absolute Gasteiger partial charge is 0.244 e. The summed E-state index contributed by atoms with van der Waals surface area (Å²) in [6.45, 7) is 8.34. The van der Waals surface area contributed by atoms with Gasteiger partial charge in [0.05, 0.1) is 10.7 Å². The number of piperazine rings is 1. The van der Waals surface area contributed by atoms with Crippen LogP contribution in [-0.4, -0.2) is 65.9 Å². The van der Waals surface area contributed by atoms with Crippen LogP contribution in [0.25, 0.3) is 0 Å². The molecule has 2 heterocycles. The lowest BCUT2D eigenvalue weighted by Crippen LogP contribution is -2.51. The number of rotatable bonds is 5. The second kappa shape index (κ2) is 8.29. The maximum atomic E-state index is 13.2. The molecule has 0 unspecified atom stereocenters. The molecule has 1 aliphatic heterocycles. The predicted octanol–water partition coefficient (Wildman–Crippen LogP) is 2.71. The summed E-state index contributed by atoms with van der Waals surface area (Å²) in [5.74, 6) is 0.202. The third-order valence-electron chi connectivity index (χ3n) is 4.97. The Bertz CT molecular complexity index is 750. The van der Waals surface area contributed by atoms with Gasteiger partial charge < -0.3 is 4.90 Å². The van der Waals surface area contributed by atoms with E-state index >= 15 is 0 Å². The number of hydrogen-bond acceptors (Lipinski definition) is 5. The van der Waals surface area contributed by atoms with Gasteiger partial charge in [0.1, 0.15) is 6.04 Å². The molecule has 6 heteroatoms. The molecule has 1 atom stereocenters. The summed E-state index contributed by atoms with van der Waals surface area (Å²) in [5, 5.41) is 3.24. The highest BCUT2D eigenvalue weighted by atomic mass is 32.1. The fraction of sp³-hybridized carbons (Fsp3) is 0.500. The Morgan fingerprint density at radius 1 is 1.19 bits per heavy atom. The lowest BCUT2D eigenvalue weighted by Gasteiger charge is -2.37. The van der Waals surface area contributed by atoms with Gasteiger partial charge in [-0.25, -0.2) is 4.98 Å². The predicted molar refractivity (Wildman–Crippen MR) is 106 cm³/mol. The van der Waals surface area contributed by atoms with Crippen LogP contribution in [0.15, 0.2) is 29.6 Å². The van der Waals surface area contributed by atoms with Crippen molar-refractivity contribution in [2.45, 2.75) is 26.4 Å². The van der Waals surface area contributed by atoms with Crippen molar-refractivity contribution in [3.8, 4) is 0 Å². The maximum Gasteiger partial charge on any atom is 0.244 e. The van der Waals surface area contributed by atoms with Crippen LogP contribution in [0, 0.1) is 13.8 Å². The van der Waals surface area contributed by atoms with Crippen molar-refractivity contribution in [1.82, 2.24) is 19.7 Å². The monoisotopic (exact) mass is 372 g/mol. The van der Waals surface area contributed by atoms with Crippen molar-refractivity contribution in [3.05, 3.63) is 51.5 Å². The van der Waals surface area contributed by atoms with Crippen LogP contribution in [0.5, 0.6) is 0 Å². The molecule has 26 heavy (non-hydrogen) atoms. The zero-order valence-electron chi connectivity index (χ0n) is 16.1. The number of likely N-dealkylation sites (N-methyl/N-ethyl adjacent to an activating group) is 1. The minimum atomic E-state index is -0.219. The number of carbonyl (C=O) groups is 1. The van der Waals surface area contributed by atoms with E-state index in [4.69, 9.17) is 0 Å². The second-order valence-electron chi connectivity index (χ2n) is 7.18. The number of hydrogen-bond donors (Lipinski definition) is 0. The van der Waals surface area contributed by atoms with Crippen molar-refractivity contribution in [2.75, 3.05) is 40.3 Å². The zero-order chi connectivity index (χ0) is 18.7. The molecule has 140 valence electrons. The molecular formula is C20H28N4OS. The first-order chi connectivity index (χ1) is 12.5. The average Bonchev–Trinajstić information content (AvgIpc) is 3.02. The van der Waals surface area contributed by atoms with Crippen LogP contribution in [0.2, 0.25) is 0 Å². The Morgan fingerprint density at radius 2 is 1.88 bits per heavy atom. The molecule has 3 rings (SSSR count). The first kappa shape index (κ1) is 19.0. The highest BCUT2D eigenvalue weighted by Gasteiger charge is 2.30. The van der Waals surface area contributed by atoms with Gasteiger partial charge in [0.2, 0.25) is 5.91 Å². The second-order valence-corrected chi connectivity index (χ2v) is 8.24. The zero-order valence-corrected chi connectivity index (χ0v) is 16.9. The van der Waals surface area contributed by atoms with E-state index in [1.165, 1.54) is 0 Å². The Labute approximate surface area is 160 Å². The number of nitrogens with zero attached hydrogens (tertiary/aromatic N) is 4. The summed E-state index contributed by atoms with van der Waals surface area (Å²) in [4.78, 5) is 24.2. The Kier molecular flexibility index (Phi) is 6.06. The van der Waals surface area contributed by atoms with E-state index in [1.807, 2.05) is 43.0 Å². The van der Waals surface area contributed by atoms with Crippen LogP contribution in [0.1, 0.15) is 27.9 Å². The normalized spacial score (nSPS) is 16.9. The van der Waals surface area contributed by atoms with Crippen molar-refractivity contribution < 1.29 is 4.79 Å². The van der Waals surface area contributed by atoms with Crippen molar-refractivity contribution in [3.63, 3.8) is 0 Å². The molecule has 1 saturated heterocycles. The Balaban J connectivity index is 1.64. The lowest BCUT2D eigenvalue weighted by atomic mass is 9.99. The van der Waals surface area contributed by atoms with E-state index in [0.29, 0.717) is 0 Å². The van der Waals surface area contributed by atoms with Gasteiger partial charge in [-0.15, -0.1) is 11.3 Å². The van der Waals surface area contributed by atoms with E-state index in [9.17, 15) is 4.79 Å². The van der Waals surface area contributed by atoms with E-state index in [2.05, 4.69) is 34.3 Å². The van der Waals surface area contributed by atoms with Gasteiger partial charge in [0, 0.05) is 38.1 Å². The van der Waals surface area contributed by atoms with E-state index in [-0.39, 0.29) is 11.9 Å². The van der Waals surface area contributed by atoms with Crippen molar-refractivity contribution >= 4 is 17.2 Å². The molecular weight excluding hydrogens is 344 g/mol. The first-order valence-corrected chi connectivity index (χ1v) is 9.98. The number of thiazole rings is 1. The topological polar surface area (TPSA) is 39.7 Å². The molecule has 0 radical (unpaired) electrons. The Hall–Kier alpha value is -1.76. The fourth-order valence-electron chi connectivity index (χ4n) is 3.53. The number of benzene rings is 1. The van der Waals surface area contributed by atoms with E-state index in [1.54, 1.807) is 11.3 Å². The van der Waals surface area contributed by atoms with Crippen LogP contribution >= 0.6 is 11.3 Å². The molecule has 0 aliphatic carbocycles. The number of aromatic nitrogens is 1. The van der Waals surface area contributed by atoms with Crippen LogP contribution in [0.3, 0.4) is 0 Å². The number of aryl methyl sites for hydroxylation is 2. The van der Waals surface area contributed by atoms with Crippen LogP contribution < -0.4 is 0 Å². The van der Waals surface area contributed by atoms with Gasteiger partial charge in [0.15, 0.2) is 0 Å². The molecule has 0 N–H and O–H groups in total. The molecule has 1 aromatic heterocycles. The summed E-state index contributed by atoms with van der Waals surface area (Å²) in [6, 6.07) is 7.96. The van der Waals surface area contributed by atoms with Gasteiger partial charge in [-0.3, -0.25) is 14.6 Å². The summed E-state index contributed by atoms with van der Waals surface area (Å²) in [5.41, 5.74) is 3.40. The summed E-state index contributed by atoms with van der Waals surface area (Å²) >= 11 is 1.70. The molecule has 0 saturated carbocycles. The van der Waals surface area contributed by atoms with Crippen molar-refractivity contribution in [1.29, 1.82) is 0 Å². The largest absolute Gasteiger partial charge is 0.338 e. The highest BCUT2D eigenvalue weighted by Crippen LogP contribution is 2.25. The highest BCUT2D eigenvalue weighted by molar-refractivity contribution is 7.09. The molecule has 0 spiro atoms. The summed E-state index contributed by atoms with van der Waals surface area (Å²) in [6.07, 6.45) is 0. The fourth-order valence-corrected chi connectivity index (χ4v) is 4.14. The SMILES string of the molecule is Cc1nc(CN2CCN(C(=O)[C@@H](c3ccccc3C)N(C)C)CC2)cs1. The van der Waals surface area contributed by atoms with Gasteiger partial charge >= 0.3 is 0 Å². The van der Waals surface area contributed by atoms with E-state index < -0.39 is 0 Å². The third-order valence-corrected chi connectivity index (χ3v) is 5.79. The summed E-state index contributed by atoms with van der Waals surface area (Å²) in [7, 11) is 3.96. The molecule has 1 amide bonds. The molecule has 2 aromatic rings. The number of amides is 1. The molecule has 1 fully saturated rings. The van der Waals surface area contributed by atoms with Gasteiger partial charge in [-0.2, -0.15) is 0 Å². The number of carbonyl (C=O) groups excluding carboxylic acids is 1. The minimum Gasteiger partial charge on any atom is -0.338 e. The van der Waals surface area contributed by atoms with Gasteiger partial charge in [-0.05, 0) is 39.1 Å². The van der Waals surface area contributed by atoms with Crippen LogP contribution in [0.4, 0.5) is 0 Å². The maximum absolute atomic E-state index is 13.2. The van der Waals surface area contributed by atoms with Crippen molar-refractivity contribution in [2.24, 2.45) is 0 Å². The summed E-state index contributed by atoms with van der Waals surface area (Å²) < 4.78 is 0. The average molecular weight is 373 g/mol. The molecule has 5 nitrogen and oxygen atoms in total. The lowest BCUT2D eigenvalue weighted by molar-refractivity contribution is -0.138. The third kappa shape index (κ3) is 4.31.